The van der Waals surface area contributed by atoms with Crippen LogP contribution >= 0.6 is 0 Å². The van der Waals surface area contributed by atoms with Crippen molar-refractivity contribution in [1.29, 1.82) is 0 Å². The van der Waals surface area contributed by atoms with E-state index in [9.17, 15) is 18.0 Å². The Bertz CT molecular complexity index is 1120. The molecule has 0 aliphatic carbocycles. The Hall–Kier alpha value is -2.39. The molecule has 0 spiro atoms. The molecule has 1 atom stereocenters. The summed E-state index contributed by atoms with van der Waals surface area (Å²) in [4.78, 5) is 26.1. The molecule has 0 bridgehead atoms. The first-order valence-electron chi connectivity index (χ1n) is 9.01. The molecule has 0 N–H and O–H groups in total. The first-order chi connectivity index (χ1) is 13.3. The third kappa shape index (κ3) is 3.29. The van der Waals surface area contributed by atoms with E-state index in [2.05, 4.69) is 4.74 Å². The minimum Gasteiger partial charge on any atom is -0.478 e. The second-order valence-corrected chi connectivity index (χ2v) is 9.47. The molecular formula is C19H21NO7S. The number of fused-ring (bicyclic) bond motifs is 3. The van der Waals surface area contributed by atoms with Crippen molar-refractivity contribution in [3.8, 4) is 5.75 Å². The minimum absolute atomic E-state index is 0.111. The van der Waals surface area contributed by atoms with Crippen molar-refractivity contribution in [3.05, 3.63) is 39.2 Å². The first kappa shape index (κ1) is 18.9. The van der Waals surface area contributed by atoms with Crippen LogP contribution in [0.1, 0.15) is 23.1 Å². The summed E-state index contributed by atoms with van der Waals surface area (Å²) in [6, 6.07) is 3.51. The quantitative estimate of drug-likeness (QED) is 0.552. The summed E-state index contributed by atoms with van der Waals surface area (Å²) in [6.07, 6.45) is 0.415. The third-order valence-electron chi connectivity index (χ3n) is 5.54. The molecule has 1 aromatic carbocycles. The highest BCUT2D eigenvalue weighted by Gasteiger charge is 2.35. The number of hydrogen-bond acceptors (Lipinski definition) is 8. The average molecular weight is 407 g/mol. The number of sulfone groups is 1. The summed E-state index contributed by atoms with van der Waals surface area (Å²) in [5.74, 6) is 0.405. The van der Waals surface area contributed by atoms with E-state index >= 15 is 0 Å². The van der Waals surface area contributed by atoms with Crippen molar-refractivity contribution in [2.45, 2.75) is 32.4 Å². The number of aryl methyl sites for hydroxylation is 1. The fourth-order valence-electron chi connectivity index (χ4n) is 3.90. The Morgan fingerprint density at radius 1 is 1.36 bits per heavy atom. The molecule has 2 aromatic rings. The fourth-order valence-corrected chi connectivity index (χ4v) is 5.66. The standard InChI is InChI=1S/C19H21NO7S/c1-11-13-3-4-16-15(18(13)27-19(22)14(11)7-17(21)25-2)8-20(10-26-16)12-5-6-28(23,24)9-12/h3-4,12H,5-10H2,1-2H3. The summed E-state index contributed by atoms with van der Waals surface area (Å²) in [7, 11) is -1.74. The van der Waals surface area contributed by atoms with Crippen molar-refractivity contribution in [2.24, 2.45) is 0 Å². The van der Waals surface area contributed by atoms with E-state index in [4.69, 9.17) is 9.15 Å². The van der Waals surface area contributed by atoms with E-state index in [-0.39, 0.29) is 29.5 Å². The fraction of sp³-hybridized carbons (Fsp3) is 0.474. The molecule has 4 rings (SSSR count). The van der Waals surface area contributed by atoms with Gasteiger partial charge in [0.15, 0.2) is 9.84 Å². The summed E-state index contributed by atoms with van der Waals surface area (Å²) in [6.45, 7) is 2.50. The van der Waals surface area contributed by atoms with Gasteiger partial charge in [0, 0.05) is 18.0 Å². The summed E-state index contributed by atoms with van der Waals surface area (Å²) in [5, 5.41) is 0.724. The lowest BCUT2D eigenvalue weighted by molar-refractivity contribution is -0.139. The lowest BCUT2D eigenvalue weighted by atomic mass is 10.00. The highest BCUT2D eigenvalue weighted by Crippen LogP contribution is 2.35. The highest BCUT2D eigenvalue weighted by atomic mass is 32.2. The molecule has 0 saturated carbocycles. The summed E-state index contributed by atoms with van der Waals surface area (Å²) in [5.41, 5.74) is 1.50. The number of rotatable bonds is 3. The maximum Gasteiger partial charge on any atom is 0.340 e. The Morgan fingerprint density at radius 3 is 2.82 bits per heavy atom. The van der Waals surface area contributed by atoms with Gasteiger partial charge < -0.3 is 13.9 Å². The molecule has 2 aliphatic heterocycles. The van der Waals surface area contributed by atoms with Gasteiger partial charge >= 0.3 is 11.6 Å². The number of esters is 1. The molecule has 1 aromatic heterocycles. The predicted molar refractivity (Wildman–Crippen MR) is 101 cm³/mol. The molecule has 1 saturated heterocycles. The van der Waals surface area contributed by atoms with Gasteiger partial charge in [-0.3, -0.25) is 9.69 Å². The van der Waals surface area contributed by atoms with Crippen LogP contribution in [0.3, 0.4) is 0 Å². The number of benzene rings is 1. The van der Waals surface area contributed by atoms with E-state index in [1.54, 1.807) is 6.92 Å². The van der Waals surface area contributed by atoms with Gasteiger partial charge in [0.05, 0.1) is 36.2 Å². The van der Waals surface area contributed by atoms with Crippen molar-refractivity contribution in [3.63, 3.8) is 0 Å². The molecule has 2 aliphatic rings. The topological polar surface area (TPSA) is 103 Å². The number of carbonyl (C=O) groups is 1. The molecule has 1 fully saturated rings. The van der Waals surface area contributed by atoms with Crippen LogP contribution < -0.4 is 10.4 Å². The van der Waals surface area contributed by atoms with Gasteiger partial charge in [0.25, 0.3) is 0 Å². The monoisotopic (exact) mass is 407 g/mol. The van der Waals surface area contributed by atoms with Crippen molar-refractivity contribution in [1.82, 2.24) is 4.90 Å². The molecule has 28 heavy (non-hydrogen) atoms. The first-order valence-corrected chi connectivity index (χ1v) is 10.8. The molecule has 3 heterocycles. The number of nitrogens with zero attached hydrogens (tertiary/aromatic N) is 1. The third-order valence-corrected chi connectivity index (χ3v) is 7.29. The van der Waals surface area contributed by atoms with Gasteiger partial charge in [0.2, 0.25) is 0 Å². The van der Waals surface area contributed by atoms with Gasteiger partial charge in [-0.1, -0.05) is 0 Å². The van der Waals surface area contributed by atoms with Gasteiger partial charge in [-0.2, -0.15) is 0 Å². The second-order valence-electron chi connectivity index (χ2n) is 7.24. The second kappa shape index (κ2) is 6.89. The molecule has 8 nitrogen and oxygen atoms in total. The van der Waals surface area contributed by atoms with E-state index in [0.29, 0.717) is 36.6 Å². The molecule has 9 heteroatoms. The van der Waals surface area contributed by atoms with Crippen LogP contribution in [0.4, 0.5) is 0 Å². The maximum absolute atomic E-state index is 12.5. The molecule has 0 amide bonds. The van der Waals surface area contributed by atoms with Crippen LogP contribution in [0.25, 0.3) is 11.0 Å². The lowest BCUT2D eigenvalue weighted by Gasteiger charge is -2.33. The van der Waals surface area contributed by atoms with E-state index < -0.39 is 21.4 Å². The lowest BCUT2D eigenvalue weighted by Crippen LogP contribution is -2.41. The number of carbonyl (C=O) groups excluding carboxylic acids is 1. The van der Waals surface area contributed by atoms with Crippen molar-refractivity contribution in [2.75, 3.05) is 25.3 Å². The number of methoxy groups -OCH3 is 1. The zero-order chi connectivity index (χ0) is 20.1. The normalized spacial score (nSPS) is 21.3. The predicted octanol–water partition coefficient (Wildman–Crippen LogP) is 1.16. The van der Waals surface area contributed by atoms with Crippen LogP contribution in [0, 0.1) is 6.92 Å². The minimum atomic E-state index is -3.01. The van der Waals surface area contributed by atoms with E-state index in [1.165, 1.54) is 7.11 Å². The summed E-state index contributed by atoms with van der Waals surface area (Å²) >= 11 is 0. The van der Waals surface area contributed by atoms with Gasteiger partial charge in [-0.25, -0.2) is 13.2 Å². The largest absolute Gasteiger partial charge is 0.478 e. The Kier molecular flexibility index (Phi) is 4.67. The average Bonchev–Trinajstić information content (AvgIpc) is 3.04. The number of ether oxygens (including phenoxy) is 2. The zero-order valence-corrected chi connectivity index (χ0v) is 16.5. The SMILES string of the molecule is COC(=O)Cc1c(C)c2ccc3c(c2oc1=O)CN(C1CCS(=O)(=O)C1)CO3. The van der Waals surface area contributed by atoms with Crippen molar-refractivity contribution >= 4 is 26.8 Å². The molecule has 0 radical (unpaired) electrons. The zero-order valence-electron chi connectivity index (χ0n) is 15.7. The van der Waals surface area contributed by atoms with E-state index in [1.807, 2.05) is 17.0 Å². The highest BCUT2D eigenvalue weighted by molar-refractivity contribution is 7.91. The van der Waals surface area contributed by atoms with Crippen molar-refractivity contribution < 1.29 is 27.1 Å². The van der Waals surface area contributed by atoms with Gasteiger partial charge in [-0.05, 0) is 31.0 Å². The van der Waals surface area contributed by atoms with E-state index in [0.717, 1.165) is 10.9 Å². The Labute approximate surface area is 161 Å². The Balaban J connectivity index is 1.75. The van der Waals surface area contributed by atoms with Crippen LogP contribution in [-0.2, 0) is 32.3 Å². The Morgan fingerprint density at radius 2 is 2.14 bits per heavy atom. The van der Waals surface area contributed by atoms with Gasteiger partial charge in [-0.15, -0.1) is 0 Å². The van der Waals surface area contributed by atoms with Crippen LogP contribution in [0.5, 0.6) is 5.75 Å². The van der Waals surface area contributed by atoms with Gasteiger partial charge in [0.1, 0.15) is 18.1 Å². The number of hydrogen-bond donors (Lipinski definition) is 0. The molecule has 1 unspecified atom stereocenters. The maximum atomic E-state index is 12.5. The molecule has 150 valence electrons. The van der Waals surface area contributed by atoms with Crippen LogP contribution in [0.2, 0.25) is 0 Å². The molecular weight excluding hydrogens is 386 g/mol. The van der Waals surface area contributed by atoms with Crippen LogP contribution in [-0.4, -0.2) is 50.7 Å². The summed E-state index contributed by atoms with van der Waals surface area (Å²) < 4.78 is 39.7. The van der Waals surface area contributed by atoms with Crippen LogP contribution in [0.15, 0.2) is 21.3 Å². The smallest absolute Gasteiger partial charge is 0.340 e.